The highest BCUT2D eigenvalue weighted by Gasteiger charge is 2.18. The van der Waals surface area contributed by atoms with Crippen LogP contribution >= 0.6 is 0 Å². The lowest BCUT2D eigenvalue weighted by atomic mass is 9.88. The van der Waals surface area contributed by atoms with E-state index in [1.807, 2.05) is 0 Å². The lowest BCUT2D eigenvalue weighted by molar-refractivity contribution is -0.318. The van der Waals surface area contributed by atoms with Crippen molar-refractivity contribution in [1.82, 2.24) is 0 Å². The van der Waals surface area contributed by atoms with Gasteiger partial charge in [0, 0.05) is 25.1 Å². The standard InChI is InChI=1S/C8H16O3/c1-8(2,7(9)10)5-4-6-11-3/h4-6H2,1-3H3,(H,9,10)/p-1. The molecular formula is C8H15O3-. The molecular weight excluding hydrogens is 144 g/mol. The van der Waals surface area contributed by atoms with Crippen molar-refractivity contribution in [2.75, 3.05) is 13.7 Å². The van der Waals surface area contributed by atoms with Crippen LogP contribution in [0.4, 0.5) is 0 Å². The van der Waals surface area contributed by atoms with Crippen LogP contribution in [0.15, 0.2) is 0 Å². The quantitative estimate of drug-likeness (QED) is 0.538. The van der Waals surface area contributed by atoms with Crippen molar-refractivity contribution in [1.29, 1.82) is 0 Å². The summed E-state index contributed by atoms with van der Waals surface area (Å²) in [6.45, 7) is 3.94. The van der Waals surface area contributed by atoms with Crippen molar-refractivity contribution < 1.29 is 14.6 Å². The molecule has 0 saturated carbocycles. The zero-order valence-electron chi connectivity index (χ0n) is 7.35. The van der Waals surface area contributed by atoms with Crippen molar-refractivity contribution in [3.05, 3.63) is 0 Å². The Kier molecular flexibility index (Phi) is 4.11. The van der Waals surface area contributed by atoms with E-state index in [0.717, 1.165) is 6.42 Å². The van der Waals surface area contributed by atoms with Gasteiger partial charge in [0.1, 0.15) is 0 Å². The number of carbonyl (C=O) groups excluding carboxylic acids is 1. The molecule has 0 spiro atoms. The number of carboxylic acid groups (broad SMARTS) is 1. The Morgan fingerprint density at radius 1 is 1.55 bits per heavy atom. The number of rotatable bonds is 5. The van der Waals surface area contributed by atoms with Gasteiger partial charge in [0.2, 0.25) is 0 Å². The van der Waals surface area contributed by atoms with Gasteiger partial charge in [-0.2, -0.15) is 0 Å². The summed E-state index contributed by atoms with van der Waals surface area (Å²) >= 11 is 0. The minimum atomic E-state index is -0.992. The molecule has 0 atom stereocenters. The fourth-order valence-electron chi connectivity index (χ4n) is 0.761. The largest absolute Gasteiger partial charge is 0.550 e. The van der Waals surface area contributed by atoms with Crippen molar-refractivity contribution >= 4 is 5.97 Å². The maximum Gasteiger partial charge on any atom is 0.0470 e. The first-order valence-electron chi connectivity index (χ1n) is 3.71. The maximum absolute atomic E-state index is 10.5. The van der Waals surface area contributed by atoms with Gasteiger partial charge in [0.05, 0.1) is 0 Å². The van der Waals surface area contributed by atoms with E-state index in [4.69, 9.17) is 4.74 Å². The molecule has 0 radical (unpaired) electrons. The van der Waals surface area contributed by atoms with Crippen LogP contribution in [0.25, 0.3) is 0 Å². The van der Waals surface area contributed by atoms with Gasteiger partial charge in [0.25, 0.3) is 0 Å². The molecule has 0 aromatic rings. The summed E-state index contributed by atoms with van der Waals surface area (Å²) in [4.78, 5) is 10.5. The lowest BCUT2D eigenvalue weighted by Crippen LogP contribution is -2.38. The second-order valence-electron chi connectivity index (χ2n) is 3.27. The monoisotopic (exact) mass is 159 g/mol. The van der Waals surface area contributed by atoms with Crippen LogP contribution < -0.4 is 5.11 Å². The summed E-state index contributed by atoms with van der Waals surface area (Å²) in [6.07, 6.45) is 1.36. The predicted molar refractivity (Wildman–Crippen MR) is 39.9 cm³/mol. The van der Waals surface area contributed by atoms with Gasteiger partial charge in [-0.3, -0.25) is 0 Å². The lowest BCUT2D eigenvalue weighted by Gasteiger charge is -2.25. The van der Waals surface area contributed by atoms with E-state index in [-0.39, 0.29) is 0 Å². The van der Waals surface area contributed by atoms with Gasteiger partial charge < -0.3 is 14.6 Å². The zero-order chi connectivity index (χ0) is 8.91. The second-order valence-corrected chi connectivity index (χ2v) is 3.27. The van der Waals surface area contributed by atoms with Crippen LogP contribution in [0, 0.1) is 5.41 Å². The average molecular weight is 159 g/mol. The zero-order valence-corrected chi connectivity index (χ0v) is 7.35. The first kappa shape index (κ1) is 10.4. The summed E-state index contributed by atoms with van der Waals surface area (Å²) in [5.74, 6) is -0.992. The van der Waals surface area contributed by atoms with Crippen LogP contribution in [-0.4, -0.2) is 19.7 Å². The Labute approximate surface area is 67.4 Å². The molecule has 0 aliphatic rings. The second kappa shape index (κ2) is 4.34. The summed E-state index contributed by atoms with van der Waals surface area (Å²) in [7, 11) is 1.60. The first-order valence-corrected chi connectivity index (χ1v) is 3.71. The minimum absolute atomic E-state index is 0.600. The molecule has 66 valence electrons. The van der Waals surface area contributed by atoms with Crippen molar-refractivity contribution in [3.63, 3.8) is 0 Å². The molecule has 0 unspecified atom stereocenters. The molecule has 0 aliphatic heterocycles. The molecule has 0 aromatic heterocycles. The molecule has 0 fully saturated rings. The molecule has 0 amide bonds. The fourth-order valence-corrected chi connectivity index (χ4v) is 0.761. The van der Waals surface area contributed by atoms with E-state index in [2.05, 4.69) is 0 Å². The van der Waals surface area contributed by atoms with E-state index < -0.39 is 11.4 Å². The summed E-state index contributed by atoms with van der Waals surface area (Å²) in [5, 5.41) is 10.5. The molecule has 0 bridgehead atoms. The number of aliphatic carboxylic acids is 1. The van der Waals surface area contributed by atoms with Crippen molar-refractivity contribution in [2.24, 2.45) is 5.41 Å². The van der Waals surface area contributed by atoms with Crippen LogP contribution in [0.2, 0.25) is 0 Å². The maximum atomic E-state index is 10.5. The summed E-state index contributed by atoms with van der Waals surface area (Å²) in [5.41, 5.74) is -0.724. The topological polar surface area (TPSA) is 49.4 Å². The van der Waals surface area contributed by atoms with Gasteiger partial charge >= 0.3 is 0 Å². The predicted octanol–water partition coefficient (Wildman–Crippen LogP) is 0.189. The number of methoxy groups -OCH3 is 1. The molecule has 11 heavy (non-hydrogen) atoms. The number of carboxylic acids is 1. The summed E-state index contributed by atoms with van der Waals surface area (Å²) in [6, 6.07) is 0. The number of hydrogen-bond donors (Lipinski definition) is 0. The Morgan fingerprint density at radius 2 is 2.09 bits per heavy atom. The third-order valence-electron chi connectivity index (χ3n) is 1.70. The van der Waals surface area contributed by atoms with E-state index in [1.165, 1.54) is 0 Å². The highest BCUT2D eigenvalue weighted by molar-refractivity contribution is 5.71. The molecule has 0 heterocycles. The Bertz CT molecular complexity index is 129. The highest BCUT2D eigenvalue weighted by atomic mass is 16.5. The van der Waals surface area contributed by atoms with Crippen LogP contribution in [0.3, 0.4) is 0 Å². The number of hydrogen-bond acceptors (Lipinski definition) is 3. The SMILES string of the molecule is COCCCC(C)(C)C(=O)[O-]. The van der Waals surface area contributed by atoms with E-state index in [1.54, 1.807) is 21.0 Å². The highest BCUT2D eigenvalue weighted by Crippen LogP contribution is 2.20. The van der Waals surface area contributed by atoms with Crippen LogP contribution in [-0.2, 0) is 9.53 Å². The van der Waals surface area contributed by atoms with E-state index in [9.17, 15) is 9.90 Å². The summed E-state index contributed by atoms with van der Waals surface area (Å²) < 4.78 is 4.80. The van der Waals surface area contributed by atoms with Crippen molar-refractivity contribution in [3.8, 4) is 0 Å². The smallest absolute Gasteiger partial charge is 0.0470 e. The molecule has 0 aliphatic carbocycles. The molecule has 0 N–H and O–H groups in total. The molecule has 3 nitrogen and oxygen atoms in total. The van der Waals surface area contributed by atoms with Gasteiger partial charge in [0.15, 0.2) is 0 Å². The van der Waals surface area contributed by atoms with Crippen LogP contribution in [0.5, 0.6) is 0 Å². The number of carbonyl (C=O) groups is 1. The molecule has 3 heteroatoms. The first-order chi connectivity index (χ1) is 5.00. The minimum Gasteiger partial charge on any atom is -0.550 e. The van der Waals surface area contributed by atoms with E-state index in [0.29, 0.717) is 13.0 Å². The Balaban J connectivity index is 3.64. The molecule has 0 rings (SSSR count). The van der Waals surface area contributed by atoms with Crippen molar-refractivity contribution in [2.45, 2.75) is 26.7 Å². The van der Waals surface area contributed by atoms with Crippen LogP contribution in [0.1, 0.15) is 26.7 Å². The van der Waals surface area contributed by atoms with E-state index >= 15 is 0 Å². The normalized spacial score (nSPS) is 11.5. The van der Waals surface area contributed by atoms with Gasteiger partial charge in [-0.1, -0.05) is 13.8 Å². The number of ether oxygens (including phenoxy) is 1. The fraction of sp³-hybridized carbons (Fsp3) is 0.875. The van der Waals surface area contributed by atoms with Gasteiger partial charge in [-0.05, 0) is 12.8 Å². The average Bonchev–Trinajstić information content (AvgIpc) is 1.88. The molecule has 0 saturated heterocycles. The van der Waals surface area contributed by atoms with Gasteiger partial charge in [-0.15, -0.1) is 0 Å². The molecule has 0 aromatic carbocycles. The Hall–Kier alpha value is -0.570. The third-order valence-corrected chi connectivity index (χ3v) is 1.70. The Morgan fingerprint density at radius 3 is 2.45 bits per heavy atom. The third kappa shape index (κ3) is 3.98. The van der Waals surface area contributed by atoms with Gasteiger partial charge in [-0.25, -0.2) is 0 Å².